The Bertz CT molecular complexity index is 587. The Hall–Kier alpha value is -2.10. The molecule has 26 heavy (non-hydrogen) atoms. The fraction of sp³-hybridized carbons (Fsp3) is 0.600. The first kappa shape index (κ1) is 20.2. The average molecular weight is 359 g/mol. The van der Waals surface area contributed by atoms with Crippen molar-refractivity contribution in [2.24, 2.45) is 5.92 Å². The zero-order valence-corrected chi connectivity index (χ0v) is 15.7. The summed E-state index contributed by atoms with van der Waals surface area (Å²) in [6.07, 6.45) is 2.19. The maximum absolute atomic E-state index is 12.2. The quantitative estimate of drug-likeness (QED) is 0.731. The molecular weight excluding hydrogens is 330 g/mol. The summed E-state index contributed by atoms with van der Waals surface area (Å²) in [5.41, 5.74) is 0.570. The normalized spacial score (nSPS) is 16.1. The second-order valence-corrected chi connectivity index (χ2v) is 6.52. The molecule has 0 radical (unpaired) electrons. The van der Waals surface area contributed by atoms with Gasteiger partial charge in [-0.2, -0.15) is 5.26 Å². The minimum absolute atomic E-state index is 0.0232. The van der Waals surface area contributed by atoms with Crippen molar-refractivity contribution < 1.29 is 14.3 Å². The summed E-state index contributed by atoms with van der Waals surface area (Å²) in [6.45, 7) is 8.36. The van der Waals surface area contributed by atoms with Crippen LogP contribution in [0.15, 0.2) is 24.3 Å². The van der Waals surface area contributed by atoms with Gasteiger partial charge in [-0.05, 0) is 30.2 Å². The fourth-order valence-electron chi connectivity index (χ4n) is 3.38. The van der Waals surface area contributed by atoms with Crippen molar-refractivity contribution in [3.05, 3.63) is 29.8 Å². The fourth-order valence-corrected chi connectivity index (χ4v) is 3.38. The van der Waals surface area contributed by atoms with Gasteiger partial charge in [0.2, 0.25) is 0 Å². The highest BCUT2D eigenvalue weighted by molar-refractivity contribution is 5.77. The number of carbonyl (C=O) groups excluding carboxylic acids is 1. The average Bonchev–Trinajstić information content (AvgIpc) is 2.70. The molecular formula is C20H29N3O3. The zero-order valence-electron chi connectivity index (χ0n) is 15.7. The highest BCUT2D eigenvalue weighted by atomic mass is 16.5. The number of amides is 1. The molecule has 6 heteroatoms. The molecule has 1 unspecified atom stereocenters. The number of hydrogen-bond acceptors (Lipinski definition) is 5. The number of nitrogens with one attached hydrogen (secondary N) is 1. The molecule has 1 amide bonds. The Labute approximate surface area is 156 Å². The van der Waals surface area contributed by atoms with Crippen LogP contribution in [0.4, 0.5) is 0 Å². The van der Waals surface area contributed by atoms with Gasteiger partial charge < -0.3 is 14.8 Å². The van der Waals surface area contributed by atoms with Gasteiger partial charge in [-0.1, -0.05) is 26.7 Å². The van der Waals surface area contributed by atoms with E-state index in [2.05, 4.69) is 30.1 Å². The highest BCUT2D eigenvalue weighted by Gasteiger charge is 2.27. The minimum atomic E-state index is -0.126. The van der Waals surface area contributed by atoms with Crippen LogP contribution in [0.2, 0.25) is 0 Å². The third-order valence-corrected chi connectivity index (χ3v) is 4.97. The van der Waals surface area contributed by atoms with Crippen molar-refractivity contribution in [2.45, 2.75) is 32.7 Å². The van der Waals surface area contributed by atoms with Gasteiger partial charge >= 0.3 is 0 Å². The van der Waals surface area contributed by atoms with Crippen LogP contribution in [0.25, 0.3) is 0 Å². The lowest BCUT2D eigenvalue weighted by atomic mass is 9.92. The van der Waals surface area contributed by atoms with Crippen molar-refractivity contribution in [2.75, 3.05) is 39.5 Å². The number of benzene rings is 1. The van der Waals surface area contributed by atoms with Gasteiger partial charge in [0.05, 0.1) is 24.8 Å². The lowest BCUT2D eigenvalue weighted by Crippen LogP contribution is -2.52. The highest BCUT2D eigenvalue weighted by Crippen LogP contribution is 2.19. The predicted octanol–water partition coefficient (Wildman–Crippen LogP) is 2.19. The van der Waals surface area contributed by atoms with Crippen molar-refractivity contribution in [1.29, 1.82) is 5.26 Å². The van der Waals surface area contributed by atoms with Crippen LogP contribution in [-0.2, 0) is 9.53 Å². The van der Waals surface area contributed by atoms with Gasteiger partial charge in [0.15, 0.2) is 6.61 Å². The van der Waals surface area contributed by atoms with Crippen LogP contribution in [0.1, 0.15) is 32.3 Å². The Morgan fingerprint density at radius 3 is 2.50 bits per heavy atom. The standard InChI is InChI=1S/C20H29N3O3/c1-3-17(4-2)19(23-9-11-25-12-10-23)14-22-20(24)15-26-18-7-5-16(13-21)6-8-18/h5-8,17,19H,3-4,9-12,14-15H2,1-2H3,(H,22,24). The lowest BCUT2D eigenvalue weighted by Gasteiger charge is -2.38. The van der Waals surface area contributed by atoms with Crippen LogP contribution in [-0.4, -0.2) is 56.3 Å². The number of rotatable bonds is 9. The summed E-state index contributed by atoms with van der Waals surface area (Å²) < 4.78 is 11.0. The van der Waals surface area contributed by atoms with E-state index < -0.39 is 0 Å². The van der Waals surface area contributed by atoms with Crippen LogP contribution < -0.4 is 10.1 Å². The topological polar surface area (TPSA) is 74.6 Å². The Morgan fingerprint density at radius 1 is 1.27 bits per heavy atom. The van der Waals surface area contributed by atoms with Gasteiger partial charge in [-0.25, -0.2) is 0 Å². The number of carbonyl (C=O) groups is 1. The molecule has 1 fully saturated rings. The summed E-state index contributed by atoms with van der Waals surface area (Å²) in [4.78, 5) is 14.6. The molecule has 1 aliphatic heterocycles. The van der Waals surface area contributed by atoms with Crippen LogP contribution in [0.3, 0.4) is 0 Å². The number of ether oxygens (including phenoxy) is 2. The number of nitrogens with zero attached hydrogens (tertiary/aromatic N) is 2. The van der Waals surface area contributed by atoms with E-state index in [1.54, 1.807) is 24.3 Å². The third kappa shape index (κ3) is 6.01. The van der Waals surface area contributed by atoms with Crippen LogP contribution >= 0.6 is 0 Å². The van der Waals surface area contributed by atoms with E-state index in [1.165, 1.54) is 0 Å². The van der Waals surface area contributed by atoms with Crippen molar-refractivity contribution in [3.8, 4) is 11.8 Å². The summed E-state index contributed by atoms with van der Waals surface area (Å²) >= 11 is 0. The largest absolute Gasteiger partial charge is 0.484 e. The number of hydrogen-bond donors (Lipinski definition) is 1. The summed E-state index contributed by atoms with van der Waals surface area (Å²) in [6, 6.07) is 9.14. The molecule has 0 spiro atoms. The first-order chi connectivity index (χ1) is 12.7. The second-order valence-electron chi connectivity index (χ2n) is 6.52. The van der Waals surface area contributed by atoms with Crippen molar-refractivity contribution in [1.82, 2.24) is 10.2 Å². The Kier molecular flexibility index (Phi) is 8.39. The Morgan fingerprint density at radius 2 is 1.92 bits per heavy atom. The molecule has 6 nitrogen and oxygen atoms in total. The second kappa shape index (κ2) is 10.8. The van der Waals surface area contributed by atoms with Crippen LogP contribution in [0, 0.1) is 17.2 Å². The van der Waals surface area contributed by atoms with Gasteiger partial charge in [0.1, 0.15) is 5.75 Å². The van der Waals surface area contributed by atoms with E-state index in [-0.39, 0.29) is 12.5 Å². The molecule has 0 aromatic heterocycles. The van der Waals surface area contributed by atoms with E-state index in [9.17, 15) is 4.79 Å². The summed E-state index contributed by atoms with van der Waals surface area (Å²) in [7, 11) is 0. The molecule has 1 heterocycles. The molecule has 2 rings (SSSR count). The third-order valence-electron chi connectivity index (χ3n) is 4.97. The molecule has 0 aliphatic carbocycles. The first-order valence-electron chi connectivity index (χ1n) is 9.39. The zero-order chi connectivity index (χ0) is 18.8. The molecule has 1 aromatic rings. The van der Waals surface area contributed by atoms with E-state index in [1.807, 2.05) is 0 Å². The minimum Gasteiger partial charge on any atom is -0.484 e. The maximum Gasteiger partial charge on any atom is 0.257 e. The SMILES string of the molecule is CCC(CC)C(CNC(=O)COc1ccc(C#N)cc1)N1CCOCC1. The van der Waals surface area contributed by atoms with Gasteiger partial charge in [-0.3, -0.25) is 9.69 Å². The Balaban J connectivity index is 1.83. The molecule has 0 bridgehead atoms. The first-order valence-corrected chi connectivity index (χ1v) is 9.39. The van der Waals surface area contributed by atoms with Gasteiger partial charge in [0, 0.05) is 25.7 Å². The molecule has 1 atom stereocenters. The van der Waals surface area contributed by atoms with Gasteiger partial charge in [-0.15, -0.1) is 0 Å². The van der Waals surface area contributed by atoms with Crippen LogP contribution in [0.5, 0.6) is 5.75 Å². The molecule has 0 saturated carbocycles. The van der Waals surface area contributed by atoms with E-state index >= 15 is 0 Å². The summed E-state index contributed by atoms with van der Waals surface area (Å²) in [5, 5.41) is 11.8. The lowest BCUT2D eigenvalue weighted by molar-refractivity contribution is -0.123. The molecule has 142 valence electrons. The maximum atomic E-state index is 12.2. The van der Waals surface area contributed by atoms with Crippen molar-refractivity contribution in [3.63, 3.8) is 0 Å². The molecule has 1 N–H and O–H groups in total. The van der Waals surface area contributed by atoms with Gasteiger partial charge in [0.25, 0.3) is 5.91 Å². The number of nitriles is 1. The van der Waals surface area contributed by atoms with E-state index in [0.29, 0.717) is 29.8 Å². The monoisotopic (exact) mass is 359 g/mol. The smallest absolute Gasteiger partial charge is 0.257 e. The number of morpholine rings is 1. The predicted molar refractivity (Wildman–Crippen MR) is 99.9 cm³/mol. The van der Waals surface area contributed by atoms with E-state index in [0.717, 1.165) is 39.1 Å². The summed E-state index contributed by atoms with van der Waals surface area (Å²) in [5.74, 6) is 1.01. The van der Waals surface area contributed by atoms with E-state index in [4.69, 9.17) is 14.7 Å². The van der Waals surface area contributed by atoms with Crippen molar-refractivity contribution >= 4 is 5.91 Å². The molecule has 1 aromatic carbocycles. The molecule has 1 aliphatic rings. The molecule has 1 saturated heterocycles.